The third-order valence-corrected chi connectivity index (χ3v) is 4.92. The van der Waals surface area contributed by atoms with Gasteiger partial charge in [0.05, 0.1) is 18.0 Å². The smallest absolute Gasteiger partial charge is 0.341 e. The first-order valence-corrected chi connectivity index (χ1v) is 9.16. The molecule has 0 bridgehead atoms. The van der Waals surface area contributed by atoms with E-state index in [2.05, 4.69) is 0 Å². The largest absolute Gasteiger partial charge is 0.495 e. The van der Waals surface area contributed by atoms with Crippen molar-refractivity contribution in [3.63, 3.8) is 0 Å². The van der Waals surface area contributed by atoms with Gasteiger partial charge in [-0.15, -0.1) is 0 Å². The van der Waals surface area contributed by atoms with Gasteiger partial charge in [-0.3, -0.25) is 4.79 Å². The number of ether oxygens (including phenoxy) is 1. The Morgan fingerprint density at radius 2 is 1.62 bits per heavy atom. The Labute approximate surface area is 167 Å². The summed E-state index contributed by atoms with van der Waals surface area (Å²) in [4.78, 5) is 24.2. The van der Waals surface area contributed by atoms with Crippen LogP contribution in [0.2, 0.25) is 0 Å². The second-order valence-electron chi connectivity index (χ2n) is 6.72. The molecule has 0 radical (unpaired) electrons. The molecule has 0 atom stereocenters. The highest BCUT2D eigenvalue weighted by Gasteiger charge is 2.17. The predicted molar refractivity (Wildman–Crippen MR) is 113 cm³/mol. The predicted octanol–water partition coefficient (Wildman–Crippen LogP) is 4.42. The number of para-hydroxylation sites is 1. The summed E-state index contributed by atoms with van der Waals surface area (Å²) in [5.41, 5.74) is 3.02. The van der Waals surface area contributed by atoms with Gasteiger partial charge in [0.15, 0.2) is 0 Å². The number of carboxylic acid groups (broad SMARTS) is 1. The molecule has 4 rings (SSSR count). The number of carbonyl (C=O) groups is 1. The van der Waals surface area contributed by atoms with E-state index >= 15 is 0 Å². The summed E-state index contributed by atoms with van der Waals surface area (Å²) in [7, 11) is 1.53. The summed E-state index contributed by atoms with van der Waals surface area (Å²) in [6.45, 7) is 0.409. The minimum atomic E-state index is -1.24. The topological polar surface area (TPSA) is 68.5 Å². The molecule has 144 valence electrons. The zero-order chi connectivity index (χ0) is 20.4. The number of aromatic nitrogens is 1. The number of aromatic carboxylic acids is 1. The second kappa shape index (κ2) is 7.64. The zero-order valence-electron chi connectivity index (χ0n) is 15.8. The van der Waals surface area contributed by atoms with Crippen LogP contribution in [0.25, 0.3) is 22.0 Å². The van der Waals surface area contributed by atoms with Crippen LogP contribution in [0.15, 0.2) is 83.8 Å². The Bertz CT molecular complexity index is 1240. The number of benzene rings is 3. The van der Waals surface area contributed by atoms with E-state index in [1.165, 1.54) is 13.3 Å². The lowest BCUT2D eigenvalue weighted by atomic mass is 10.0. The van der Waals surface area contributed by atoms with Crippen molar-refractivity contribution < 1.29 is 14.6 Å². The Morgan fingerprint density at radius 1 is 0.931 bits per heavy atom. The molecule has 0 saturated carbocycles. The van der Waals surface area contributed by atoms with Crippen molar-refractivity contribution in [2.45, 2.75) is 6.54 Å². The van der Waals surface area contributed by atoms with Gasteiger partial charge in [0, 0.05) is 12.7 Å². The molecular formula is C24H19NO4. The summed E-state index contributed by atoms with van der Waals surface area (Å²) < 4.78 is 7.19. The van der Waals surface area contributed by atoms with Crippen molar-refractivity contribution in [2.75, 3.05) is 7.11 Å². The molecule has 0 aliphatic rings. The molecule has 29 heavy (non-hydrogen) atoms. The molecule has 1 N–H and O–H groups in total. The van der Waals surface area contributed by atoms with Crippen LogP contribution in [0, 0.1) is 0 Å². The van der Waals surface area contributed by atoms with Gasteiger partial charge in [0.1, 0.15) is 11.3 Å². The molecule has 1 aromatic heterocycles. The number of pyridine rings is 1. The normalized spacial score (nSPS) is 10.8. The van der Waals surface area contributed by atoms with Crippen molar-refractivity contribution in [3.05, 3.63) is 100 Å². The van der Waals surface area contributed by atoms with E-state index in [1.54, 1.807) is 22.8 Å². The van der Waals surface area contributed by atoms with E-state index in [0.717, 1.165) is 16.7 Å². The van der Waals surface area contributed by atoms with Gasteiger partial charge in [-0.25, -0.2) is 4.79 Å². The van der Waals surface area contributed by atoms with E-state index in [-0.39, 0.29) is 5.56 Å². The SMILES string of the molecule is COc1cccc2c(=O)c(C(=O)O)cn(Cc3ccc(-c4ccccc4)cc3)c12. The molecule has 0 unspecified atom stereocenters. The molecule has 0 spiro atoms. The molecule has 5 heteroatoms. The van der Waals surface area contributed by atoms with Crippen LogP contribution < -0.4 is 10.2 Å². The van der Waals surface area contributed by atoms with Crippen LogP contribution in [0.1, 0.15) is 15.9 Å². The minimum Gasteiger partial charge on any atom is -0.495 e. The maximum absolute atomic E-state index is 12.6. The maximum atomic E-state index is 12.6. The lowest BCUT2D eigenvalue weighted by Gasteiger charge is -2.15. The van der Waals surface area contributed by atoms with Gasteiger partial charge >= 0.3 is 5.97 Å². The van der Waals surface area contributed by atoms with Crippen LogP contribution in [-0.2, 0) is 6.54 Å². The molecule has 5 nitrogen and oxygen atoms in total. The fraction of sp³-hybridized carbons (Fsp3) is 0.0833. The maximum Gasteiger partial charge on any atom is 0.341 e. The van der Waals surface area contributed by atoms with Crippen molar-refractivity contribution in [1.29, 1.82) is 0 Å². The number of carboxylic acids is 1. The standard InChI is InChI=1S/C24H19NO4/c1-29-21-9-5-8-19-22(21)25(15-20(23(19)26)24(27)28)14-16-10-12-18(13-11-16)17-6-3-2-4-7-17/h2-13,15H,14H2,1H3,(H,27,28). The summed E-state index contributed by atoms with van der Waals surface area (Å²) in [5, 5.41) is 9.78. The average molecular weight is 385 g/mol. The fourth-order valence-electron chi connectivity index (χ4n) is 3.50. The molecule has 4 aromatic rings. The molecule has 1 heterocycles. The summed E-state index contributed by atoms with van der Waals surface area (Å²) in [5.74, 6) is -0.717. The minimum absolute atomic E-state index is 0.258. The van der Waals surface area contributed by atoms with Crippen molar-refractivity contribution in [2.24, 2.45) is 0 Å². The lowest BCUT2D eigenvalue weighted by Crippen LogP contribution is -2.19. The second-order valence-corrected chi connectivity index (χ2v) is 6.72. The van der Waals surface area contributed by atoms with Gasteiger partial charge in [-0.05, 0) is 28.8 Å². The Morgan fingerprint density at radius 3 is 2.28 bits per heavy atom. The lowest BCUT2D eigenvalue weighted by molar-refractivity contribution is 0.0695. The van der Waals surface area contributed by atoms with Gasteiger partial charge in [-0.1, -0.05) is 60.7 Å². The van der Waals surface area contributed by atoms with Crippen LogP contribution >= 0.6 is 0 Å². The van der Waals surface area contributed by atoms with Crippen LogP contribution in [0.5, 0.6) is 5.75 Å². The number of rotatable bonds is 5. The van der Waals surface area contributed by atoms with Crippen LogP contribution in [0.3, 0.4) is 0 Å². The first-order valence-electron chi connectivity index (χ1n) is 9.16. The molecule has 0 amide bonds. The van der Waals surface area contributed by atoms with Crippen molar-refractivity contribution in [3.8, 4) is 16.9 Å². The van der Waals surface area contributed by atoms with Gasteiger partial charge in [0.25, 0.3) is 0 Å². The number of fused-ring (bicyclic) bond motifs is 1. The summed E-state index contributed by atoms with van der Waals surface area (Å²) in [6, 6.07) is 23.2. The number of hydrogen-bond acceptors (Lipinski definition) is 3. The fourth-order valence-corrected chi connectivity index (χ4v) is 3.50. The van der Waals surface area contributed by atoms with Crippen LogP contribution in [-0.4, -0.2) is 22.8 Å². The Balaban J connectivity index is 1.80. The van der Waals surface area contributed by atoms with E-state index < -0.39 is 11.4 Å². The van der Waals surface area contributed by atoms with Crippen molar-refractivity contribution >= 4 is 16.9 Å². The highest BCUT2D eigenvalue weighted by Crippen LogP contribution is 2.25. The number of methoxy groups -OCH3 is 1. The Hall–Kier alpha value is -3.86. The first-order chi connectivity index (χ1) is 14.1. The molecule has 0 aliphatic heterocycles. The summed E-state index contributed by atoms with van der Waals surface area (Å²) in [6.07, 6.45) is 1.39. The van der Waals surface area contributed by atoms with Crippen LogP contribution in [0.4, 0.5) is 0 Å². The monoisotopic (exact) mass is 385 g/mol. The highest BCUT2D eigenvalue weighted by molar-refractivity contribution is 5.94. The van der Waals surface area contributed by atoms with Gasteiger partial charge in [0.2, 0.25) is 5.43 Å². The number of nitrogens with zero attached hydrogens (tertiary/aromatic N) is 1. The van der Waals surface area contributed by atoms with E-state index in [9.17, 15) is 14.7 Å². The average Bonchev–Trinajstić information content (AvgIpc) is 2.76. The quantitative estimate of drug-likeness (QED) is 0.552. The first kappa shape index (κ1) is 18.5. The summed E-state index contributed by atoms with van der Waals surface area (Å²) >= 11 is 0. The third-order valence-electron chi connectivity index (χ3n) is 4.92. The Kier molecular flexibility index (Phi) is 4.87. The number of hydrogen-bond donors (Lipinski definition) is 1. The molecule has 0 fully saturated rings. The third kappa shape index (κ3) is 3.50. The van der Waals surface area contributed by atoms with Gasteiger partial charge in [-0.2, -0.15) is 0 Å². The van der Waals surface area contributed by atoms with Gasteiger partial charge < -0.3 is 14.4 Å². The molecule has 0 aliphatic carbocycles. The molecule has 3 aromatic carbocycles. The van der Waals surface area contributed by atoms with Crippen molar-refractivity contribution in [1.82, 2.24) is 4.57 Å². The highest BCUT2D eigenvalue weighted by atomic mass is 16.5. The van der Waals surface area contributed by atoms with E-state index in [0.29, 0.717) is 23.2 Å². The molecular weight excluding hydrogens is 366 g/mol. The zero-order valence-corrected chi connectivity index (χ0v) is 15.8. The van der Waals surface area contributed by atoms with E-state index in [4.69, 9.17) is 4.74 Å². The molecule has 0 saturated heterocycles. The van der Waals surface area contributed by atoms with E-state index in [1.807, 2.05) is 54.6 Å².